The number of carbonyl (C=O) groups excluding carboxylic acids is 2. The van der Waals surface area contributed by atoms with E-state index in [1.807, 2.05) is 0 Å². The van der Waals surface area contributed by atoms with Crippen LogP contribution < -0.4 is 0 Å². The first-order valence-electron chi connectivity index (χ1n) is 4.58. The number of carbonyl (C=O) groups is 2. The Kier molecular flexibility index (Phi) is 3.73. The lowest BCUT2D eigenvalue weighted by Gasteiger charge is -2.12. The van der Waals surface area contributed by atoms with Gasteiger partial charge in [-0.2, -0.15) is 0 Å². The van der Waals surface area contributed by atoms with Gasteiger partial charge in [0.25, 0.3) is 0 Å². The molecular weight excluding hydrogens is 188 g/mol. The van der Waals surface area contributed by atoms with Crippen molar-refractivity contribution in [3.8, 4) is 0 Å². The molecule has 0 aliphatic heterocycles. The molecule has 1 aliphatic carbocycles. The SMILES string of the molecule is CC(=O)OC(C)OC(=O)OCC1CC1. The van der Waals surface area contributed by atoms with Crippen molar-refractivity contribution in [2.24, 2.45) is 5.92 Å². The van der Waals surface area contributed by atoms with Crippen molar-refractivity contribution < 1.29 is 23.8 Å². The maximum atomic E-state index is 10.9. The molecule has 1 aliphatic rings. The molecule has 1 rings (SSSR count). The van der Waals surface area contributed by atoms with Crippen LogP contribution in [0.1, 0.15) is 26.7 Å². The van der Waals surface area contributed by atoms with E-state index in [0.717, 1.165) is 12.8 Å². The minimum atomic E-state index is -0.890. The molecule has 0 aromatic heterocycles. The number of ether oxygens (including phenoxy) is 3. The van der Waals surface area contributed by atoms with Crippen molar-refractivity contribution in [2.45, 2.75) is 33.0 Å². The van der Waals surface area contributed by atoms with Gasteiger partial charge >= 0.3 is 12.1 Å². The standard InChI is InChI=1S/C9H14O5/c1-6(10)13-7(2)14-9(11)12-5-8-3-4-8/h7-8H,3-5H2,1-2H3. The Bertz CT molecular complexity index is 221. The van der Waals surface area contributed by atoms with Gasteiger partial charge in [0, 0.05) is 13.8 Å². The van der Waals surface area contributed by atoms with Crippen LogP contribution in [0.2, 0.25) is 0 Å². The molecule has 0 bridgehead atoms. The van der Waals surface area contributed by atoms with Gasteiger partial charge in [0.1, 0.15) is 0 Å². The minimum absolute atomic E-state index is 0.394. The third-order valence-electron chi connectivity index (χ3n) is 1.73. The van der Waals surface area contributed by atoms with Gasteiger partial charge in [0.2, 0.25) is 6.29 Å². The van der Waals surface area contributed by atoms with Crippen LogP contribution >= 0.6 is 0 Å². The van der Waals surface area contributed by atoms with Crippen molar-refractivity contribution in [3.05, 3.63) is 0 Å². The Labute approximate surface area is 82.3 Å². The third-order valence-corrected chi connectivity index (χ3v) is 1.73. The van der Waals surface area contributed by atoms with Crippen LogP contribution in [0.4, 0.5) is 4.79 Å². The Hall–Kier alpha value is -1.26. The first kappa shape index (κ1) is 10.8. The fraction of sp³-hybridized carbons (Fsp3) is 0.778. The predicted octanol–water partition coefficient (Wildman–Crippen LogP) is 1.46. The fourth-order valence-electron chi connectivity index (χ4n) is 0.898. The van der Waals surface area contributed by atoms with E-state index in [2.05, 4.69) is 9.47 Å². The molecule has 5 nitrogen and oxygen atoms in total. The zero-order valence-corrected chi connectivity index (χ0v) is 8.32. The van der Waals surface area contributed by atoms with Crippen molar-refractivity contribution in [2.75, 3.05) is 6.61 Å². The molecular formula is C9H14O5. The lowest BCUT2D eigenvalue weighted by Crippen LogP contribution is -2.21. The fourth-order valence-corrected chi connectivity index (χ4v) is 0.898. The van der Waals surface area contributed by atoms with Crippen LogP contribution in [-0.2, 0) is 19.0 Å². The maximum absolute atomic E-state index is 10.9. The zero-order valence-electron chi connectivity index (χ0n) is 8.32. The lowest BCUT2D eigenvalue weighted by atomic mass is 10.5. The van der Waals surface area contributed by atoms with E-state index in [9.17, 15) is 9.59 Å². The highest BCUT2D eigenvalue weighted by molar-refractivity contribution is 5.66. The second kappa shape index (κ2) is 4.83. The topological polar surface area (TPSA) is 61.8 Å². The van der Waals surface area contributed by atoms with Gasteiger partial charge in [-0.15, -0.1) is 0 Å². The highest BCUT2D eigenvalue weighted by Gasteiger charge is 2.24. The Morgan fingerprint density at radius 3 is 2.50 bits per heavy atom. The van der Waals surface area contributed by atoms with E-state index in [1.54, 1.807) is 0 Å². The van der Waals surface area contributed by atoms with E-state index in [4.69, 9.17) is 4.74 Å². The molecule has 14 heavy (non-hydrogen) atoms. The smallest absolute Gasteiger partial charge is 0.434 e. The third kappa shape index (κ3) is 4.69. The first-order valence-corrected chi connectivity index (χ1v) is 4.58. The normalized spacial score (nSPS) is 17.0. The monoisotopic (exact) mass is 202 g/mol. The summed E-state index contributed by atoms with van der Waals surface area (Å²) in [5.74, 6) is -0.000857. The molecule has 1 atom stereocenters. The van der Waals surface area contributed by atoms with Crippen LogP contribution in [0.5, 0.6) is 0 Å². The Morgan fingerprint density at radius 1 is 1.36 bits per heavy atom. The van der Waals surface area contributed by atoms with Gasteiger partial charge in [-0.1, -0.05) is 0 Å². The van der Waals surface area contributed by atoms with Gasteiger partial charge in [-0.3, -0.25) is 4.79 Å². The van der Waals surface area contributed by atoms with Crippen molar-refractivity contribution in [1.82, 2.24) is 0 Å². The van der Waals surface area contributed by atoms with Gasteiger partial charge in [0.05, 0.1) is 6.61 Å². The zero-order chi connectivity index (χ0) is 10.6. The van der Waals surface area contributed by atoms with E-state index in [1.165, 1.54) is 13.8 Å². The van der Waals surface area contributed by atoms with Crippen molar-refractivity contribution >= 4 is 12.1 Å². The highest BCUT2D eigenvalue weighted by Crippen LogP contribution is 2.28. The predicted molar refractivity (Wildman–Crippen MR) is 46.4 cm³/mol. The van der Waals surface area contributed by atoms with Crippen LogP contribution in [0, 0.1) is 5.92 Å². The van der Waals surface area contributed by atoms with Crippen LogP contribution in [-0.4, -0.2) is 25.0 Å². The summed E-state index contributed by atoms with van der Waals surface area (Å²) in [6.45, 7) is 3.10. The molecule has 0 spiro atoms. The molecule has 5 heteroatoms. The summed E-state index contributed by atoms with van der Waals surface area (Å²) in [6, 6.07) is 0. The first-order chi connectivity index (χ1) is 6.58. The second-order valence-electron chi connectivity index (χ2n) is 3.30. The second-order valence-corrected chi connectivity index (χ2v) is 3.30. The molecule has 0 heterocycles. The largest absolute Gasteiger partial charge is 0.511 e. The van der Waals surface area contributed by atoms with Crippen LogP contribution in [0.15, 0.2) is 0 Å². The van der Waals surface area contributed by atoms with Gasteiger partial charge in [-0.05, 0) is 18.8 Å². The van der Waals surface area contributed by atoms with Gasteiger partial charge in [-0.25, -0.2) is 4.79 Å². The molecule has 1 unspecified atom stereocenters. The number of hydrogen-bond donors (Lipinski definition) is 0. The Morgan fingerprint density at radius 2 is 2.00 bits per heavy atom. The van der Waals surface area contributed by atoms with E-state index < -0.39 is 18.4 Å². The molecule has 0 aromatic rings. The van der Waals surface area contributed by atoms with Crippen molar-refractivity contribution in [3.63, 3.8) is 0 Å². The molecule has 80 valence electrons. The summed E-state index contributed by atoms with van der Waals surface area (Å²) in [6.07, 6.45) is 0.532. The van der Waals surface area contributed by atoms with Crippen LogP contribution in [0.3, 0.4) is 0 Å². The average molecular weight is 202 g/mol. The van der Waals surface area contributed by atoms with Gasteiger partial charge in [0.15, 0.2) is 0 Å². The molecule has 1 fully saturated rings. The number of hydrogen-bond acceptors (Lipinski definition) is 5. The summed E-state index contributed by atoms with van der Waals surface area (Å²) in [5, 5.41) is 0. The summed E-state index contributed by atoms with van der Waals surface area (Å²) >= 11 is 0. The molecule has 0 saturated heterocycles. The van der Waals surface area contributed by atoms with E-state index in [-0.39, 0.29) is 0 Å². The van der Waals surface area contributed by atoms with Crippen LogP contribution in [0.25, 0.3) is 0 Å². The molecule has 1 saturated carbocycles. The molecule has 0 aromatic carbocycles. The summed E-state index contributed by atoms with van der Waals surface area (Å²) < 4.78 is 14.0. The summed E-state index contributed by atoms with van der Waals surface area (Å²) in [4.78, 5) is 21.4. The van der Waals surface area contributed by atoms with Crippen molar-refractivity contribution in [1.29, 1.82) is 0 Å². The average Bonchev–Trinajstić information content (AvgIpc) is 2.81. The number of esters is 1. The maximum Gasteiger partial charge on any atom is 0.511 e. The molecule has 0 N–H and O–H groups in total. The Balaban J connectivity index is 2.08. The summed E-state index contributed by atoms with van der Waals surface area (Å²) in [5.41, 5.74) is 0. The van der Waals surface area contributed by atoms with E-state index >= 15 is 0 Å². The minimum Gasteiger partial charge on any atom is -0.434 e. The molecule has 0 amide bonds. The quantitative estimate of drug-likeness (QED) is 0.510. The van der Waals surface area contributed by atoms with Gasteiger partial charge < -0.3 is 14.2 Å². The molecule has 0 radical (unpaired) electrons. The highest BCUT2D eigenvalue weighted by atomic mass is 16.8. The lowest BCUT2D eigenvalue weighted by molar-refractivity contribution is -0.165. The van der Waals surface area contributed by atoms with E-state index in [0.29, 0.717) is 12.5 Å². The number of rotatable bonds is 4. The summed E-state index contributed by atoms with van der Waals surface area (Å²) in [7, 11) is 0.